The van der Waals surface area contributed by atoms with E-state index in [4.69, 9.17) is 11.6 Å². The van der Waals surface area contributed by atoms with Crippen LogP contribution in [0.5, 0.6) is 0 Å². The van der Waals surface area contributed by atoms with Crippen LogP contribution >= 0.6 is 23.4 Å². The predicted octanol–water partition coefficient (Wildman–Crippen LogP) is 4.05. The number of hydrogen-bond acceptors (Lipinski definition) is 4. The van der Waals surface area contributed by atoms with Gasteiger partial charge in [-0.2, -0.15) is 0 Å². The first-order valence-electron chi connectivity index (χ1n) is 7.84. The number of amides is 2. The molecule has 1 atom stereocenters. The Morgan fingerprint density at radius 3 is 2.67 bits per heavy atom. The third-order valence-electron chi connectivity index (χ3n) is 3.88. The van der Waals surface area contributed by atoms with E-state index in [1.165, 1.54) is 16.7 Å². The zero-order chi connectivity index (χ0) is 16.9. The Kier molecular flexibility index (Phi) is 5.53. The minimum atomic E-state index is -0.279. The molecule has 124 valence electrons. The molecule has 0 saturated carbocycles. The molecule has 1 aromatic heterocycles. The smallest absolute Gasteiger partial charge is 0.260 e. The second-order valence-corrected chi connectivity index (χ2v) is 7.23. The van der Waals surface area contributed by atoms with Gasteiger partial charge in [-0.25, -0.2) is 4.98 Å². The number of nitrogens with zero attached hydrogens (tertiary/aromatic N) is 2. The molecule has 0 radical (unpaired) electrons. The lowest BCUT2D eigenvalue weighted by molar-refractivity contribution is -0.127. The summed E-state index contributed by atoms with van der Waals surface area (Å²) in [5.74, 6) is -0.395. The van der Waals surface area contributed by atoms with Crippen LogP contribution in [0.2, 0.25) is 5.02 Å². The lowest BCUT2D eigenvalue weighted by Crippen LogP contribution is -2.41. The number of aromatic nitrogens is 1. The molecular weight excluding hydrogens is 344 g/mol. The molecule has 2 aromatic rings. The highest BCUT2D eigenvalue weighted by atomic mass is 35.5. The second kappa shape index (κ2) is 7.81. The van der Waals surface area contributed by atoms with Gasteiger partial charge in [0.05, 0.1) is 10.3 Å². The average molecular weight is 361 g/mol. The summed E-state index contributed by atoms with van der Waals surface area (Å²) in [6, 6.07) is 12.3. The summed E-state index contributed by atoms with van der Waals surface area (Å²) >= 11 is 7.30. The van der Waals surface area contributed by atoms with E-state index in [1.807, 2.05) is 18.2 Å². The fourth-order valence-corrected chi connectivity index (χ4v) is 3.84. The summed E-state index contributed by atoms with van der Waals surface area (Å²) in [6.07, 6.45) is 4.20. The van der Waals surface area contributed by atoms with Gasteiger partial charge in [0.25, 0.3) is 5.91 Å². The first kappa shape index (κ1) is 17.0. The van der Waals surface area contributed by atoms with Crippen molar-refractivity contribution in [3.63, 3.8) is 0 Å². The molecule has 1 fully saturated rings. The Hall–Kier alpha value is -1.85. The molecule has 0 aliphatic carbocycles. The highest BCUT2D eigenvalue weighted by Gasteiger charge is 2.32. The third-order valence-corrected chi connectivity index (χ3v) is 5.33. The molecule has 0 spiro atoms. The lowest BCUT2D eigenvalue weighted by Gasteiger charge is -2.22. The van der Waals surface area contributed by atoms with E-state index in [1.54, 1.807) is 30.5 Å². The summed E-state index contributed by atoms with van der Waals surface area (Å²) in [5, 5.41) is 1.09. The summed E-state index contributed by atoms with van der Waals surface area (Å²) in [7, 11) is 0. The van der Waals surface area contributed by atoms with Gasteiger partial charge in [-0.3, -0.25) is 14.5 Å². The van der Waals surface area contributed by atoms with Crippen molar-refractivity contribution in [2.75, 3.05) is 6.54 Å². The fraction of sp³-hybridized carbons (Fsp3) is 0.278. The quantitative estimate of drug-likeness (QED) is 0.775. The Morgan fingerprint density at radius 1 is 1.17 bits per heavy atom. The van der Waals surface area contributed by atoms with Crippen molar-refractivity contribution in [3.8, 4) is 0 Å². The van der Waals surface area contributed by atoms with Crippen LogP contribution in [-0.4, -0.2) is 33.5 Å². The molecule has 2 heterocycles. The van der Waals surface area contributed by atoms with Gasteiger partial charge in [-0.05, 0) is 49.2 Å². The summed E-state index contributed by atoms with van der Waals surface area (Å²) < 4.78 is 0. The van der Waals surface area contributed by atoms with Crippen molar-refractivity contribution in [2.24, 2.45) is 0 Å². The van der Waals surface area contributed by atoms with Crippen LogP contribution in [-0.2, 0) is 4.79 Å². The summed E-state index contributed by atoms with van der Waals surface area (Å²) in [6.45, 7) is 0.458. The SMILES string of the molecule is O=C(c1ccc(Cl)cc1)N1CCCC[C@@H](Sc2ccccn2)C1=O. The maximum absolute atomic E-state index is 12.9. The molecule has 0 N–H and O–H groups in total. The highest BCUT2D eigenvalue weighted by Crippen LogP contribution is 2.29. The number of carbonyl (C=O) groups excluding carboxylic acids is 2. The molecule has 3 rings (SSSR count). The van der Waals surface area contributed by atoms with Gasteiger partial charge >= 0.3 is 0 Å². The summed E-state index contributed by atoms with van der Waals surface area (Å²) in [5.41, 5.74) is 0.483. The van der Waals surface area contributed by atoms with Gasteiger partial charge in [0, 0.05) is 23.3 Å². The average Bonchev–Trinajstić information content (AvgIpc) is 2.78. The van der Waals surface area contributed by atoms with Crippen molar-refractivity contribution in [1.29, 1.82) is 0 Å². The zero-order valence-electron chi connectivity index (χ0n) is 13.0. The number of thioether (sulfide) groups is 1. The zero-order valence-corrected chi connectivity index (χ0v) is 14.6. The summed E-state index contributed by atoms with van der Waals surface area (Å²) in [4.78, 5) is 31.2. The van der Waals surface area contributed by atoms with Crippen molar-refractivity contribution in [2.45, 2.75) is 29.5 Å². The molecule has 24 heavy (non-hydrogen) atoms. The van der Waals surface area contributed by atoms with Gasteiger partial charge in [-0.15, -0.1) is 0 Å². The Bertz CT molecular complexity index is 722. The van der Waals surface area contributed by atoms with Crippen LogP contribution in [0, 0.1) is 0 Å². The van der Waals surface area contributed by atoms with Gasteiger partial charge in [0.1, 0.15) is 0 Å². The predicted molar refractivity (Wildman–Crippen MR) is 95.2 cm³/mol. The van der Waals surface area contributed by atoms with Crippen molar-refractivity contribution < 1.29 is 9.59 Å². The van der Waals surface area contributed by atoms with Crippen LogP contribution in [0.3, 0.4) is 0 Å². The van der Waals surface area contributed by atoms with Gasteiger partial charge in [0.15, 0.2) is 0 Å². The van der Waals surface area contributed by atoms with E-state index in [2.05, 4.69) is 4.98 Å². The Balaban J connectivity index is 1.78. The van der Waals surface area contributed by atoms with Crippen molar-refractivity contribution >= 4 is 35.2 Å². The fourth-order valence-electron chi connectivity index (χ4n) is 2.63. The molecule has 0 unspecified atom stereocenters. The van der Waals surface area contributed by atoms with E-state index < -0.39 is 0 Å². The van der Waals surface area contributed by atoms with E-state index in [-0.39, 0.29) is 17.1 Å². The number of benzene rings is 1. The van der Waals surface area contributed by atoms with E-state index in [0.29, 0.717) is 17.1 Å². The van der Waals surface area contributed by atoms with Crippen molar-refractivity contribution in [3.05, 3.63) is 59.2 Å². The number of rotatable bonds is 3. The first-order valence-corrected chi connectivity index (χ1v) is 9.10. The number of likely N-dealkylation sites (tertiary alicyclic amines) is 1. The van der Waals surface area contributed by atoms with Crippen LogP contribution < -0.4 is 0 Å². The first-order chi connectivity index (χ1) is 11.6. The minimum absolute atomic E-state index is 0.136. The van der Waals surface area contributed by atoms with E-state index >= 15 is 0 Å². The molecular formula is C18H17ClN2O2S. The topological polar surface area (TPSA) is 50.3 Å². The van der Waals surface area contributed by atoms with Crippen LogP contribution in [0.15, 0.2) is 53.7 Å². The second-order valence-electron chi connectivity index (χ2n) is 5.57. The normalized spacial score (nSPS) is 18.3. The molecule has 0 bridgehead atoms. The van der Waals surface area contributed by atoms with Crippen LogP contribution in [0.25, 0.3) is 0 Å². The number of hydrogen-bond donors (Lipinski definition) is 0. The Labute approximate surface area is 150 Å². The van der Waals surface area contributed by atoms with Crippen LogP contribution in [0.1, 0.15) is 29.6 Å². The maximum atomic E-state index is 12.9. The number of pyridine rings is 1. The van der Waals surface area contributed by atoms with Crippen LogP contribution in [0.4, 0.5) is 0 Å². The van der Waals surface area contributed by atoms with E-state index in [9.17, 15) is 9.59 Å². The monoisotopic (exact) mass is 360 g/mol. The third kappa shape index (κ3) is 3.97. The minimum Gasteiger partial charge on any atom is -0.278 e. The maximum Gasteiger partial charge on any atom is 0.260 e. The number of carbonyl (C=O) groups is 2. The highest BCUT2D eigenvalue weighted by molar-refractivity contribution is 8.00. The molecule has 6 heteroatoms. The number of halogens is 1. The molecule has 4 nitrogen and oxygen atoms in total. The Morgan fingerprint density at radius 2 is 1.96 bits per heavy atom. The molecule has 1 aliphatic heterocycles. The van der Waals surface area contributed by atoms with Gasteiger partial charge < -0.3 is 0 Å². The van der Waals surface area contributed by atoms with Gasteiger partial charge in [-0.1, -0.05) is 35.9 Å². The standard InChI is InChI=1S/C18H17ClN2O2S/c19-14-9-7-13(8-10-14)17(22)21-12-4-2-5-15(18(21)23)24-16-6-1-3-11-20-16/h1,3,6-11,15H,2,4-5,12H2/t15-/m1/s1. The molecule has 2 amide bonds. The molecule has 1 aliphatic rings. The van der Waals surface area contributed by atoms with E-state index in [0.717, 1.165) is 24.3 Å². The number of imide groups is 1. The molecule has 1 aromatic carbocycles. The van der Waals surface area contributed by atoms with Gasteiger partial charge in [0.2, 0.25) is 5.91 Å². The van der Waals surface area contributed by atoms with Crippen molar-refractivity contribution in [1.82, 2.24) is 9.88 Å². The largest absolute Gasteiger partial charge is 0.278 e. The molecule has 1 saturated heterocycles. The lowest BCUT2D eigenvalue weighted by atomic mass is 10.2.